The van der Waals surface area contributed by atoms with E-state index >= 15 is 0 Å². The van der Waals surface area contributed by atoms with E-state index in [1.807, 2.05) is 25.0 Å². The summed E-state index contributed by atoms with van der Waals surface area (Å²) in [6.45, 7) is 2.50. The number of ether oxygens (including phenoxy) is 2. The van der Waals surface area contributed by atoms with Gasteiger partial charge in [0.1, 0.15) is 48.3 Å². The summed E-state index contributed by atoms with van der Waals surface area (Å²) in [4.78, 5) is 91.8. The minimum absolute atomic E-state index is 0.0419. The average Bonchev–Trinajstić information content (AvgIpc) is 3.40. The molecule has 6 amide bonds. The number of carbonyl (C=O) groups is 8. The first-order valence-electron chi connectivity index (χ1n) is 25.8. The highest BCUT2D eigenvalue weighted by Gasteiger charge is 2.34. The van der Waals surface area contributed by atoms with Crippen molar-refractivity contribution in [3.05, 3.63) is 0 Å². The average molecular weight is 1110 g/mol. The third-order valence-electron chi connectivity index (χ3n) is 11.1. The molecule has 422 valence electrons. The number of nitrogens with one attached hydrogen (secondary N) is 6. The van der Waals surface area contributed by atoms with Crippen LogP contribution in [0, 0.1) is 0 Å². The Bertz CT molecular complexity index is 1490. The number of piperazine rings is 3. The third-order valence-corrected chi connectivity index (χ3v) is 13.7. The van der Waals surface area contributed by atoms with E-state index in [9.17, 15) is 38.4 Å². The Morgan fingerprint density at radius 2 is 0.681 bits per heavy atom. The van der Waals surface area contributed by atoms with E-state index in [2.05, 4.69) is 41.4 Å². The minimum Gasteiger partial charge on any atom is -0.468 e. The molecule has 22 nitrogen and oxygen atoms in total. The molecule has 72 heavy (non-hydrogen) atoms. The fraction of sp³-hybridized carbons (Fsp3) is 0.826. The SMILES string of the molecule is COC(=O)C(N)CCCCN.COC(=O)C(N)CCSC.CSCCC1NC(=O)C(CCCCN)NC1=O.CSCCC1NC(=O)C(CCSC)NC1=O.NCCCCC1NC(=O)C(CCCCN)NC1=O.[2H][3H]. The summed E-state index contributed by atoms with van der Waals surface area (Å²) in [6, 6.07) is -3.13. The Morgan fingerprint density at radius 1 is 0.444 bits per heavy atom. The van der Waals surface area contributed by atoms with Crippen LogP contribution in [0.15, 0.2) is 0 Å². The number of hydrogen-bond acceptors (Lipinski definition) is 20. The van der Waals surface area contributed by atoms with Gasteiger partial charge < -0.3 is 75.8 Å². The van der Waals surface area contributed by atoms with Crippen LogP contribution in [0.5, 0.6) is 0 Å². The standard InChI is InChI=1S/C12H24N4O2.C11H21N3O2S.C10H18N2O2S2.C7H16N2O2.C6H13NO2S.H2/c13-7-3-1-5-9-11(17)16-10(12(18)15-9)6-2-4-8-14;1-17-7-5-9-11(16)13-8(10(15)14-9)4-2-3-6-12;1-15-5-3-7-9(13)12-8(4-6-16-2)10(14)11-7;1-11-7(10)6(9)4-2-3-5-8;1-9-6(8)5(7)3-4-10-2;/h9-10H,1-8,13-14H2,(H,15,18)(H,16,17);8-9H,2-7,12H2,1H3,(H,13,16)(H,14,15);7-8H,3-6H2,1-2H3,(H,11,14)(H,12,13);6H,2-5,8-9H2,1H3;5H,3-4,7H2,1-2H3;1H/i;;;;;1+2D. The second-order valence-electron chi connectivity index (χ2n) is 16.9. The van der Waals surface area contributed by atoms with E-state index < -0.39 is 24.2 Å². The summed E-state index contributed by atoms with van der Waals surface area (Å²) in [6.07, 6.45) is 20.4. The van der Waals surface area contributed by atoms with Crippen molar-refractivity contribution in [2.24, 2.45) is 34.4 Å². The number of hydrogen-bond donors (Lipinski definition) is 12. The van der Waals surface area contributed by atoms with Crippen molar-refractivity contribution in [3.63, 3.8) is 0 Å². The quantitative estimate of drug-likeness (QED) is 0.0323. The molecule has 3 heterocycles. The van der Waals surface area contributed by atoms with E-state index in [4.69, 9.17) is 37.4 Å². The van der Waals surface area contributed by atoms with Crippen LogP contribution >= 0.6 is 47.0 Å². The van der Waals surface area contributed by atoms with Gasteiger partial charge in [0, 0.05) is 2.97 Å². The zero-order valence-corrected chi connectivity index (χ0v) is 47.0. The molecular weight excluding hydrogens is 1010 g/mol. The molecule has 3 fully saturated rings. The lowest BCUT2D eigenvalue weighted by Crippen LogP contribution is -2.61. The van der Waals surface area contributed by atoms with Crippen molar-refractivity contribution in [1.29, 1.82) is 0 Å². The van der Waals surface area contributed by atoms with Gasteiger partial charge in [0.05, 0.1) is 14.2 Å². The van der Waals surface area contributed by atoms with Gasteiger partial charge in [-0.2, -0.15) is 47.0 Å². The molecule has 0 aromatic heterocycles. The number of unbranched alkanes of at least 4 members (excludes halogenated alkanes) is 4. The van der Waals surface area contributed by atoms with Crippen LogP contribution in [-0.2, 0) is 47.8 Å². The number of methoxy groups -OCH3 is 2. The third kappa shape index (κ3) is 33.7. The first-order chi connectivity index (χ1) is 35.5. The molecule has 18 N–H and O–H groups in total. The van der Waals surface area contributed by atoms with Crippen LogP contribution in [0.1, 0.15) is 106 Å². The molecular formula is C46H94N12O10S4. The summed E-state index contributed by atoms with van der Waals surface area (Å²) in [5.74, 6) is 2.50. The Hall–Kier alpha value is -3.08. The number of carbonyl (C=O) groups excluding carboxylic acids is 8. The fourth-order valence-electron chi connectivity index (χ4n) is 6.72. The van der Waals surface area contributed by atoms with Gasteiger partial charge in [-0.25, -0.2) is 0 Å². The molecule has 3 saturated heterocycles. The van der Waals surface area contributed by atoms with Gasteiger partial charge in [0.25, 0.3) is 0 Å². The predicted molar refractivity (Wildman–Crippen MR) is 297 cm³/mol. The van der Waals surface area contributed by atoms with Crippen LogP contribution in [0.25, 0.3) is 0 Å². The van der Waals surface area contributed by atoms with Crippen molar-refractivity contribution in [3.8, 4) is 0 Å². The van der Waals surface area contributed by atoms with E-state index in [-0.39, 0.29) is 71.5 Å². The summed E-state index contributed by atoms with van der Waals surface area (Å²) in [5.41, 5.74) is 32.3. The lowest BCUT2D eigenvalue weighted by atomic mass is 10.0. The second-order valence-corrected chi connectivity index (χ2v) is 20.8. The summed E-state index contributed by atoms with van der Waals surface area (Å²) >= 11 is 6.70. The van der Waals surface area contributed by atoms with Crippen LogP contribution in [0.4, 0.5) is 0 Å². The summed E-state index contributed by atoms with van der Waals surface area (Å²) in [7, 11) is 2.69. The lowest BCUT2D eigenvalue weighted by molar-refractivity contribution is -0.143. The summed E-state index contributed by atoms with van der Waals surface area (Å²) in [5, 5.41) is 16.7. The van der Waals surface area contributed by atoms with E-state index in [0.29, 0.717) is 77.5 Å². The van der Waals surface area contributed by atoms with Gasteiger partial charge in [-0.3, -0.25) is 38.4 Å². The van der Waals surface area contributed by atoms with Crippen LogP contribution in [0.3, 0.4) is 0 Å². The van der Waals surface area contributed by atoms with Crippen LogP contribution in [0.2, 0.25) is 0 Å². The number of amides is 6. The van der Waals surface area contributed by atoms with E-state index in [1.165, 1.54) is 14.2 Å². The van der Waals surface area contributed by atoms with Gasteiger partial charge in [-0.1, -0.05) is 6.42 Å². The lowest BCUT2D eigenvalue weighted by Gasteiger charge is -2.29. The molecule has 0 spiro atoms. The van der Waals surface area contributed by atoms with E-state index in [1.54, 1.807) is 47.0 Å². The molecule has 0 aromatic carbocycles. The normalized spacial score (nSPS) is 21.1. The molecule has 8 atom stereocenters. The molecule has 3 aliphatic rings. The molecule has 0 aliphatic carbocycles. The fourth-order valence-corrected chi connectivity index (χ4v) is 8.63. The maximum atomic E-state index is 11.8. The van der Waals surface area contributed by atoms with Gasteiger partial charge in [0.2, 0.25) is 35.4 Å². The predicted octanol–water partition coefficient (Wildman–Crippen LogP) is -0.343. The van der Waals surface area contributed by atoms with Crippen molar-refractivity contribution >= 4 is 94.4 Å². The number of esters is 2. The first-order valence-corrected chi connectivity index (χ1v) is 30.3. The molecule has 0 aromatic rings. The minimum atomic E-state index is -0.480. The van der Waals surface area contributed by atoms with Gasteiger partial charge in [-0.05, 0) is 171 Å². The summed E-state index contributed by atoms with van der Waals surface area (Å²) < 4.78 is 18.9. The number of nitrogens with two attached hydrogens (primary N) is 6. The maximum absolute atomic E-state index is 11.8. The zero-order chi connectivity index (χ0) is 56.7. The van der Waals surface area contributed by atoms with Crippen molar-refractivity contribution in [2.75, 3.05) is 88.4 Å². The number of thioether (sulfide) groups is 4. The molecule has 0 radical (unpaired) electrons. The Labute approximate surface area is 449 Å². The smallest absolute Gasteiger partial charge is 0.322 e. The Balaban J connectivity index is -0.000000858. The zero-order valence-electron chi connectivity index (χ0n) is 45.8. The molecule has 0 bridgehead atoms. The van der Waals surface area contributed by atoms with Crippen LogP contribution < -0.4 is 66.3 Å². The largest absolute Gasteiger partial charge is 0.468 e. The second kappa shape index (κ2) is 46.5. The Kier molecular flexibility index (Phi) is 44.5. The Morgan fingerprint density at radius 3 is 0.917 bits per heavy atom. The highest BCUT2D eigenvalue weighted by molar-refractivity contribution is 7.99. The highest BCUT2D eigenvalue weighted by Crippen LogP contribution is 2.12. The van der Waals surface area contributed by atoms with Gasteiger partial charge in [-0.15, -0.1) is 0 Å². The van der Waals surface area contributed by atoms with Crippen molar-refractivity contribution in [1.82, 2.24) is 31.9 Å². The molecule has 8 unspecified atom stereocenters. The van der Waals surface area contributed by atoms with Crippen molar-refractivity contribution < 1.29 is 50.8 Å². The molecule has 3 rings (SSSR count). The monoisotopic (exact) mass is 1110 g/mol. The van der Waals surface area contributed by atoms with Crippen molar-refractivity contribution in [2.45, 2.75) is 151 Å². The highest BCUT2D eigenvalue weighted by atomic mass is 32.2. The molecule has 3 aliphatic heterocycles. The van der Waals surface area contributed by atoms with Gasteiger partial charge in [0.15, 0.2) is 0 Å². The topological polar surface area (TPSA) is 383 Å². The maximum Gasteiger partial charge on any atom is 0.322 e. The molecule has 26 heteroatoms. The van der Waals surface area contributed by atoms with Crippen LogP contribution in [-0.4, -0.2) is 184 Å². The molecule has 0 saturated carbocycles. The van der Waals surface area contributed by atoms with Gasteiger partial charge >= 0.3 is 11.9 Å². The number of rotatable bonds is 30. The van der Waals surface area contributed by atoms with E-state index in [0.717, 1.165) is 74.4 Å². The first kappa shape index (κ1) is 68.9.